The van der Waals surface area contributed by atoms with E-state index in [0.717, 1.165) is 0 Å². The van der Waals surface area contributed by atoms with Crippen molar-refractivity contribution in [3.05, 3.63) is 52.8 Å². The Kier molecular flexibility index (Phi) is 14.1. The van der Waals surface area contributed by atoms with E-state index in [-0.39, 0.29) is 0 Å². The van der Waals surface area contributed by atoms with Gasteiger partial charge in [-0.1, -0.05) is 174 Å². The molecule has 0 saturated heterocycles. The lowest BCUT2D eigenvalue weighted by Crippen LogP contribution is -2.47. The van der Waals surface area contributed by atoms with Crippen molar-refractivity contribution < 1.29 is 0 Å². The maximum Gasteiger partial charge on any atom is 0.111 e. The third-order valence-corrected chi connectivity index (χ3v) is 13.1. The predicted octanol–water partition coefficient (Wildman–Crippen LogP) is 10.4. The van der Waals surface area contributed by atoms with E-state index >= 15 is 0 Å². The Balaban J connectivity index is 1.56. The van der Waals surface area contributed by atoms with Crippen LogP contribution in [0.1, 0.15) is 130 Å². The van der Waals surface area contributed by atoms with E-state index in [9.17, 15) is 0 Å². The molecule has 0 fully saturated rings. The minimum Gasteiger partial charge on any atom is -0.0776 e. The van der Waals surface area contributed by atoms with Crippen LogP contribution < -0.4 is 5.19 Å². The molecule has 0 saturated carbocycles. The van der Waals surface area contributed by atoms with Gasteiger partial charge in [-0.05, 0) is 26.3 Å². The summed E-state index contributed by atoms with van der Waals surface area (Å²) in [5.41, 5.74) is 3.12. The van der Waals surface area contributed by atoms with Crippen LogP contribution in [-0.2, 0) is 0 Å². The first-order chi connectivity index (χ1) is 16.1. The second kappa shape index (κ2) is 16.5. The summed E-state index contributed by atoms with van der Waals surface area (Å²) in [5.74, 6) is 0. The van der Waals surface area contributed by atoms with Gasteiger partial charge >= 0.3 is 0 Å². The average Bonchev–Trinajstić information content (AvgIpc) is 3.18. The molecule has 2 rings (SSSR count). The Hall–Kier alpha value is -1.08. The van der Waals surface area contributed by atoms with E-state index in [1.165, 1.54) is 121 Å². The zero-order valence-corrected chi connectivity index (χ0v) is 23.7. The Morgan fingerprint density at radius 1 is 0.636 bits per heavy atom. The SMILES string of the molecule is CCCCCCCCCCCCCCCCCC[Si](C)(C1=C(C)C(C)=CC1)c1ccccc1. The molecule has 1 aliphatic carbocycles. The molecule has 1 atom stereocenters. The van der Waals surface area contributed by atoms with Crippen molar-refractivity contribution in [2.45, 2.75) is 143 Å². The topological polar surface area (TPSA) is 0 Å². The lowest BCUT2D eigenvalue weighted by molar-refractivity contribution is 0.531. The maximum atomic E-state index is 2.64. The zero-order chi connectivity index (χ0) is 23.8. The van der Waals surface area contributed by atoms with E-state index in [2.05, 4.69) is 63.7 Å². The molecule has 1 aliphatic rings. The van der Waals surface area contributed by atoms with Gasteiger partial charge in [-0.25, -0.2) is 0 Å². The number of rotatable bonds is 19. The summed E-state index contributed by atoms with van der Waals surface area (Å²) in [4.78, 5) is 0. The Bertz CT molecular complexity index is 698. The molecule has 0 aliphatic heterocycles. The lowest BCUT2D eigenvalue weighted by atomic mass is 10.0. The molecule has 33 heavy (non-hydrogen) atoms. The highest BCUT2D eigenvalue weighted by atomic mass is 28.3. The highest BCUT2D eigenvalue weighted by Gasteiger charge is 2.35. The van der Waals surface area contributed by atoms with Crippen molar-refractivity contribution in [1.29, 1.82) is 0 Å². The number of hydrogen-bond donors (Lipinski definition) is 0. The molecule has 0 radical (unpaired) electrons. The maximum absolute atomic E-state index is 2.64. The molecule has 0 spiro atoms. The average molecular weight is 467 g/mol. The van der Waals surface area contributed by atoms with Crippen LogP contribution in [0.3, 0.4) is 0 Å². The van der Waals surface area contributed by atoms with Gasteiger partial charge in [0.15, 0.2) is 0 Å². The summed E-state index contributed by atoms with van der Waals surface area (Å²) in [6, 6.07) is 12.9. The van der Waals surface area contributed by atoms with Crippen molar-refractivity contribution in [3.63, 3.8) is 0 Å². The normalized spacial score (nSPS) is 15.7. The van der Waals surface area contributed by atoms with Crippen LogP contribution in [0, 0.1) is 0 Å². The van der Waals surface area contributed by atoms with Gasteiger partial charge in [0, 0.05) is 0 Å². The van der Waals surface area contributed by atoms with Crippen molar-refractivity contribution in [3.8, 4) is 0 Å². The van der Waals surface area contributed by atoms with Crippen molar-refractivity contribution >= 4 is 13.3 Å². The van der Waals surface area contributed by atoms with Crippen LogP contribution in [0.2, 0.25) is 12.6 Å². The molecular formula is C32H54Si. The summed E-state index contributed by atoms with van der Waals surface area (Å²) < 4.78 is 0. The second-order valence-electron chi connectivity index (χ2n) is 10.9. The van der Waals surface area contributed by atoms with Crippen molar-refractivity contribution in [1.82, 2.24) is 0 Å². The van der Waals surface area contributed by atoms with Gasteiger partial charge in [0.2, 0.25) is 0 Å². The lowest BCUT2D eigenvalue weighted by Gasteiger charge is -2.31. The quantitative estimate of drug-likeness (QED) is 0.140. The molecule has 1 heteroatoms. The summed E-state index contributed by atoms with van der Waals surface area (Å²) in [7, 11) is -1.58. The second-order valence-corrected chi connectivity index (χ2v) is 15.3. The molecule has 0 N–H and O–H groups in total. The summed E-state index contributed by atoms with van der Waals surface area (Å²) >= 11 is 0. The van der Waals surface area contributed by atoms with Gasteiger partial charge in [-0.15, -0.1) is 0 Å². The first-order valence-electron chi connectivity index (χ1n) is 14.5. The molecule has 0 amide bonds. The fraction of sp³-hybridized carbons (Fsp3) is 0.688. The molecule has 0 heterocycles. The summed E-state index contributed by atoms with van der Waals surface area (Å²) in [5, 5.41) is 3.44. The molecular weight excluding hydrogens is 412 g/mol. The minimum absolute atomic E-state index is 1.20. The van der Waals surface area contributed by atoms with Gasteiger partial charge in [-0.2, -0.15) is 0 Å². The Labute approximate surface area is 208 Å². The number of unbranched alkanes of at least 4 members (excludes halogenated alkanes) is 15. The Morgan fingerprint density at radius 3 is 1.52 bits per heavy atom. The van der Waals surface area contributed by atoms with Gasteiger partial charge in [-0.3, -0.25) is 0 Å². The molecule has 0 bridgehead atoms. The monoisotopic (exact) mass is 466 g/mol. The van der Waals surface area contributed by atoms with Gasteiger partial charge in [0.25, 0.3) is 0 Å². The smallest absolute Gasteiger partial charge is 0.0776 e. The van der Waals surface area contributed by atoms with Crippen molar-refractivity contribution in [2.75, 3.05) is 0 Å². The highest BCUT2D eigenvalue weighted by molar-refractivity contribution is 6.96. The molecule has 0 nitrogen and oxygen atoms in total. The van der Waals surface area contributed by atoms with Gasteiger partial charge < -0.3 is 0 Å². The number of allylic oxidation sites excluding steroid dienone is 4. The number of benzene rings is 1. The van der Waals surface area contributed by atoms with Gasteiger partial charge in [0.1, 0.15) is 8.07 Å². The van der Waals surface area contributed by atoms with Crippen LogP contribution in [0.4, 0.5) is 0 Å². The predicted molar refractivity (Wildman–Crippen MR) is 153 cm³/mol. The fourth-order valence-electron chi connectivity index (χ4n) is 5.74. The van der Waals surface area contributed by atoms with E-state index in [4.69, 9.17) is 0 Å². The van der Waals surface area contributed by atoms with E-state index in [0.29, 0.717) is 0 Å². The number of hydrogen-bond acceptors (Lipinski definition) is 0. The fourth-order valence-corrected chi connectivity index (χ4v) is 10.1. The standard InChI is InChI=1S/C32H54Si/c1-5-6-7-8-9-10-11-12-13-14-15-16-17-18-19-23-28-33(4,31-24-21-20-22-25-31)32-27-26-29(2)30(32)3/h20-22,24-26H,5-19,23,27-28H2,1-4H3. The minimum atomic E-state index is -1.58. The largest absolute Gasteiger partial charge is 0.111 e. The molecule has 0 aromatic heterocycles. The van der Waals surface area contributed by atoms with Crippen LogP contribution in [0.25, 0.3) is 0 Å². The van der Waals surface area contributed by atoms with Gasteiger partial charge in [0.05, 0.1) is 0 Å². The van der Waals surface area contributed by atoms with Crippen LogP contribution in [0.5, 0.6) is 0 Å². The van der Waals surface area contributed by atoms with Crippen LogP contribution in [0.15, 0.2) is 52.8 Å². The highest BCUT2D eigenvalue weighted by Crippen LogP contribution is 2.35. The first kappa shape index (κ1) is 28.2. The van der Waals surface area contributed by atoms with Crippen LogP contribution >= 0.6 is 0 Å². The molecule has 1 aromatic carbocycles. The van der Waals surface area contributed by atoms with E-state index in [1.807, 2.05) is 0 Å². The molecule has 1 unspecified atom stereocenters. The Morgan fingerprint density at radius 2 is 1.09 bits per heavy atom. The first-order valence-corrected chi connectivity index (χ1v) is 17.2. The van der Waals surface area contributed by atoms with Crippen molar-refractivity contribution in [2.24, 2.45) is 0 Å². The summed E-state index contributed by atoms with van der Waals surface area (Å²) in [6.07, 6.45) is 26.9. The van der Waals surface area contributed by atoms with E-state index in [1.54, 1.807) is 16.0 Å². The molecule has 186 valence electrons. The van der Waals surface area contributed by atoms with Crippen LogP contribution in [-0.4, -0.2) is 8.07 Å². The van der Waals surface area contributed by atoms with E-state index < -0.39 is 8.07 Å². The third kappa shape index (κ3) is 9.97. The third-order valence-electron chi connectivity index (χ3n) is 8.26. The summed E-state index contributed by atoms with van der Waals surface area (Å²) in [6.45, 7) is 9.61. The molecule has 1 aromatic rings. The zero-order valence-electron chi connectivity index (χ0n) is 22.7.